The van der Waals surface area contributed by atoms with Crippen molar-refractivity contribution in [1.29, 1.82) is 0 Å². The Morgan fingerprint density at radius 2 is 2.08 bits per heavy atom. The van der Waals surface area contributed by atoms with Gasteiger partial charge in [-0.15, -0.1) is 0 Å². The van der Waals surface area contributed by atoms with Crippen LogP contribution in [0, 0.1) is 0 Å². The van der Waals surface area contributed by atoms with Crippen molar-refractivity contribution in [1.82, 2.24) is 4.98 Å². The molecule has 0 aliphatic rings. The maximum atomic E-state index is 13.3. The zero-order valence-electron chi connectivity index (χ0n) is 7.53. The van der Waals surface area contributed by atoms with E-state index < -0.39 is 12.0 Å². The number of pyridine rings is 1. The van der Waals surface area contributed by atoms with Crippen LogP contribution in [0.3, 0.4) is 0 Å². The van der Waals surface area contributed by atoms with Crippen LogP contribution in [0.1, 0.15) is 31.4 Å². The van der Waals surface area contributed by atoms with Crippen LogP contribution in [0.25, 0.3) is 0 Å². The predicted octanol–water partition coefficient (Wildman–Crippen LogP) is 1.27. The third kappa shape index (κ3) is 2.47. The quantitative estimate of drug-likeness (QED) is 0.682. The van der Waals surface area contributed by atoms with Crippen LogP contribution in [-0.2, 0) is 5.67 Å². The summed E-state index contributed by atoms with van der Waals surface area (Å²) in [4.78, 5) is 3.80. The zero-order valence-corrected chi connectivity index (χ0v) is 7.53. The number of alkyl halides is 1. The number of aromatic nitrogens is 1. The summed E-state index contributed by atoms with van der Waals surface area (Å²) in [6, 6.07) is 2.77. The lowest BCUT2D eigenvalue weighted by Crippen LogP contribution is -2.12. The van der Waals surface area contributed by atoms with Crippen LogP contribution in [0.15, 0.2) is 18.3 Å². The smallest absolute Gasteiger partial charge is 0.178 e. The SMILES string of the molecule is CC(C)(F)c1cc(C(O)O)ccn1. The summed E-state index contributed by atoms with van der Waals surface area (Å²) in [5.41, 5.74) is -1.13. The molecular weight excluding hydrogens is 173 g/mol. The molecule has 0 amide bonds. The van der Waals surface area contributed by atoms with Gasteiger partial charge in [-0.05, 0) is 26.0 Å². The molecule has 13 heavy (non-hydrogen) atoms. The van der Waals surface area contributed by atoms with Crippen molar-refractivity contribution in [3.8, 4) is 0 Å². The number of nitrogens with zero attached hydrogens (tertiary/aromatic N) is 1. The number of rotatable bonds is 2. The fraction of sp³-hybridized carbons (Fsp3) is 0.444. The third-order valence-electron chi connectivity index (χ3n) is 1.69. The highest BCUT2D eigenvalue weighted by molar-refractivity contribution is 5.20. The first-order valence-corrected chi connectivity index (χ1v) is 3.93. The molecule has 4 heteroatoms. The van der Waals surface area contributed by atoms with Crippen LogP contribution in [0.5, 0.6) is 0 Å². The van der Waals surface area contributed by atoms with Crippen molar-refractivity contribution in [2.45, 2.75) is 25.8 Å². The van der Waals surface area contributed by atoms with E-state index >= 15 is 0 Å². The Bertz CT molecular complexity index is 294. The highest BCUT2D eigenvalue weighted by Crippen LogP contribution is 2.24. The van der Waals surface area contributed by atoms with Gasteiger partial charge in [0.05, 0.1) is 5.69 Å². The van der Waals surface area contributed by atoms with E-state index in [4.69, 9.17) is 10.2 Å². The van der Waals surface area contributed by atoms with E-state index in [1.807, 2.05) is 0 Å². The molecule has 1 aromatic rings. The summed E-state index contributed by atoms with van der Waals surface area (Å²) < 4.78 is 13.3. The van der Waals surface area contributed by atoms with Crippen LogP contribution < -0.4 is 0 Å². The van der Waals surface area contributed by atoms with Crippen molar-refractivity contribution in [3.05, 3.63) is 29.6 Å². The van der Waals surface area contributed by atoms with E-state index in [1.165, 1.54) is 32.2 Å². The second kappa shape index (κ2) is 3.40. The molecule has 72 valence electrons. The largest absolute Gasteiger partial charge is 0.364 e. The number of aliphatic hydroxyl groups excluding tert-OH is 1. The Kier molecular flexibility index (Phi) is 2.63. The summed E-state index contributed by atoms with van der Waals surface area (Å²) in [7, 11) is 0. The second-order valence-electron chi connectivity index (χ2n) is 3.32. The van der Waals surface area contributed by atoms with Gasteiger partial charge in [0.25, 0.3) is 0 Å². The molecule has 2 N–H and O–H groups in total. The normalized spacial score (nSPS) is 12.2. The van der Waals surface area contributed by atoms with Gasteiger partial charge in [-0.25, -0.2) is 4.39 Å². The van der Waals surface area contributed by atoms with E-state index in [0.717, 1.165) is 0 Å². The maximum Gasteiger partial charge on any atom is 0.178 e. The van der Waals surface area contributed by atoms with Crippen LogP contribution in [-0.4, -0.2) is 15.2 Å². The van der Waals surface area contributed by atoms with Gasteiger partial charge in [-0.2, -0.15) is 0 Å². The number of hydrogen-bond donors (Lipinski definition) is 2. The number of hydrogen-bond acceptors (Lipinski definition) is 3. The standard InChI is InChI=1S/C9H12FNO2/c1-9(2,10)7-5-6(8(12)13)3-4-11-7/h3-5,8,12-13H,1-2H3. The predicted molar refractivity (Wildman–Crippen MR) is 45.5 cm³/mol. The van der Waals surface area contributed by atoms with Crippen molar-refractivity contribution >= 4 is 0 Å². The summed E-state index contributed by atoms with van der Waals surface area (Å²) >= 11 is 0. The Hall–Kier alpha value is -1.00. The molecular formula is C9H12FNO2. The molecule has 0 aromatic carbocycles. The minimum absolute atomic E-state index is 0.193. The van der Waals surface area contributed by atoms with Gasteiger partial charge in [0.1, 0.15) is 5.67 Å². The molecule has 1 heterocycles. The third-order valence-corrected chi connectivity index (χ3v) is 1.69. The summed E-state index contributed by atoms with van der Waals surface area (Å²) in [5.74, 6) is 0. The van der Waals surface area contributed by atoms with Crippen LogP contribution >= 0.6 is 0 Å². The van der Waals surface area contributed by atoms with Gasteiger partial charge in [0.2, 0.25) is 0 Å². The molecule has 1 aromatic heterocycles. The minimum Gasteiger partial charge on any atom is -0.364 e. The maximum absolute atomic E-state index is 13.3. The van der Waals surface area contributed by atoms with E-state index in [2.05, 4.69) is 4.98 Å². The van der Waals surface area contributed by atoms with E-state index in [0.29, 0.717) is 0 Å². The Morgan fingerprint density at radius 1 is 1.46 bits per heavy atom. The first kappa shape index (κ1) is 10.1. The van der Waals surface area contributed by atoms with E-state index in [1.54, 1.807) is 0 Å². The number of aliphatic hydroxyl groups is 2. The van der Waals surface area contributed by atoms with Crippen LogP contribution in [0.4, 0.5) is 4.39 Å². The Balaban J connectivity index is 3.06. The molecule has 0 unspecified atom stereocenters. The summed E-state index contributed by atoms with van der Waals surface area (Å²) in [5, 5.41) is 17.6. The minimum atomic E-state index is -1.58. The molecule has 0 radical (unpaired) electrons. The molecule has 3 nitrogen and oxygen atoms in total. The summed E-state index contributed by atoms with van der Waals surface area (Å²) in [6.45, 7) is 2.73. The highest BCUT2D eigenvalue weighted by Gasteiger charge is 2.21. The van der Waals surface area contributed by atoms with Gasteiger partial charge in [0.15, 0.2) is 6.29 Å². The fourth-order valence-electron chi connectivity index (χ4n) is 0.933. The molecule has 0 fully saturated rings. The number of halogens is 1. The highest BCUT2D eigenvalue weighted by atomic mass is 19.1. The van der Waals surface area contributed by atoms with Gasteiger partial charge in [-0.1, -0.05) is 0 Å². The van der Waals surface area contributed by atoms with E-state index in [-0.39, 0.29) is 11.3 Å². The van der Waals surface area contributed by atoms with Crippen molar-refractivity contribution in [2.75, 3.05) is 0 Å². The Morgan fingerprint density at radius 3 is 2.54 bits per heavy atom. The molecule has 0 saturated carbocycles. The zero-order chi connectivity index (χ0) is 10.1. The average Bonchev–Trinajstić information content (AvgIpc) is 2.03. The lowest BCUT2D eigenvalue weighted by atomic mass is 10.0. The van der Waals surface area contributed by atoms with Gasteiger partial charge < -0.3 is 10.2 Å². The van der Waals surface area contributed by atoms with Crippen molar-refractivity contribution in [3.63, 3.8) is 0 Å². The molecule has 0 saturated heterocycles. The molecule has 0 spiro atoms. The first-order valence-electron chi connectivity index (χ1n) is 3.93. The van der Waals surface area contributed by atoms with Gasteiger partial charge >= 0.3 is 0 Å². The van der Waals surface area contributed by atoms with Crippen molar-refractivity contribution < 1.29 is 14.6 Å². The fourth-order valence-corrected chi connectivity index (χ4v) is 0.933. The average molecular weight is 185 g/mol. The van der Waals surface area contributed by atoms with Gasteiger partial charge in [0, 0.05) is 11.8 Å². The van der Waals surface area contributed by atoms with Crippen molar-refractivity contribution in [2.24, 2.45) is 0 Å². The molecule has 0 aliphatic carbocycles. The topological polar surface area (TPSA) is 53.4 Å². The summed E-state index contributed by atoms with van der Waals surface area (Å²) in [6.07, 6.45) is -0.227. The van der Waals surface area contributed by atoms with Crippen LogP contribution in [0.2, 0.25) is 0 Å². The Labute approximate surface area is 75.9 Å². The monoisotopic (exact) mass is 185 g/mol. The first-order chi connectivity index (χ1) is 5.91. The molecule has 0 aliphatic heterocycles. The lowest BCUT2D eigenvalue weighted by Gasteiger charge is -2.14. The van der Waals surface area contributed by atoms with Gasteiger partial charge in [-0.3, -0.25) is 4.98 Å². The lowest BCUT2D eigenvalue weighted by molar-refractivity contribution is -0.0427. The molecule has 1 rings (SSSR count). The molecule has 0 bridgehead atoms. The molecule has 0 atom stereocenters. The second-order valence-corrected chi connectivity index (χ2v) is 3.32. The van der Waals surface area contributed by atoms with E-state index in [9.17, 15) is 4.39 Å².